The summed E-state index contributed by atoms with van der Waals surface area (Å²) >= 11 is 0. The van der Waals surface area contributed by atoms with E-state index in [-0.39, 0.29) is 6.61 Å². The van der Waals surface area contributed by atoms with Crippen molar-refractivity contribution in [1.29, 1.82) is 0 Å². The molecule has 0 bridgehead atoms. The molecule has 9 heteroatoms. The maximum Gasteiger partial charge on any atom is 0.329 e. The van der Waals surface area contributed by atoms with Crippen molar-refractivity contribution in [1.82, 2.24) is 5.43 Å². The van der Waals surface area contributed by atoms with Gasteiger partial charge in [-0.2, -0.15) is 5.10 Å². The van der Waals surface area contributed by atoms with E-state index in [0.29, 0.717) is 22.7 Å². The number of amides is 3. The van der Waals surface area contributed by atoms with E-state index in [1.54, 1.807) is 36.4 Å². The third-order valence-corrected chi connectivity index (χ3v) is 4.71. The highest BCUT2D eigenvalue weighted by atomic mass is 19.1. The van der Waals surface area contributed by atoms with Crippen LogP contribution in [-0.4, -0.2) is 30.5 Å². The molecule has 0 heterocycles. The number of rotatable bonds is 7. The molecule has 0 saturated carbocycles. The molecule has 0 aliphatic carbocycles. The van der Waals surface area contributed by atoms with Crippen LogP contribution in [0.3, 0.4) is 0 Å². The summed E-state index contributed by atoms with van der Waals surface area (Å²) < 4.78 is 18.4. The first-order valence-electron chi connectivity index (χ1n) is 10.3. The van der Waals surface area contributed by atoms with Crippen LogP contribution in [0, 0.1) is 19.7 Å². The number of nitrogens with zero attached hydrogens (tertiary/aromatic N) is 1. The number of hydrazone groups is 1. The Hall–Kier alpha value is -4.53. The summed E-state index contributed by atoms with van der Waals surface area (Å²) in [5.74, 6) is -2.17. The maximum atomic E-state index is 12.9. The molecule has 0 fully saturated rings. The first-order chi connectivity index (χ1) is 16.3. The van der Waals surface area contributed by atoms with Gasteiger partial charge in [0.25, 0.3) is 5.91 Å². The molecular formula is C25H23FN4O4. The van der Waals surface area contributed by atoms with E-state index >= 15 is 0 Å². The Morgan fingerprint density at radius 3 is 2.35 bits per heavy atom. The highest BCUT2D eigenvalue weighted by Crippen LogP contribution is 2.14. The largest absolute Gasteiger partial charge is 0.484 e. The highest BCUT2D eigenvalue weighted by molar-refractivity contribution is 6.39. The number of benzene rings is 3. The molecule has 0 aliphatic heterocycles. The normalized spacial score (nSPS) is 10.6. The lowest BCUT2D eigenvalue weighted by atomic mass is 10.1. The van der Waals surface area contributed by atoms with Gasteiger partial charge in [0, 0.05) is 11.4 Å². The summed E-state index contributed by atoms with van der Waals surface area (Å²) in [6.07, 6.45) is 1.34. The van der Waals surface area contributed by atoms with Gasteiger partial charge in [-0.05, 0) is 79.1 Å². The number of nitrogens with one attached hydrogen (secondary N) is 3. The molecule has 0 saturated heterocycles. The van der Waals surface area contributed by atoms with Crippen molar-refractivity contribution in [2.75, 3.05) is 17.2 Å². The van der Waals surface area contributed by atoms with E-state index in [1.165, 1.54) is 30.5 Å². The monoisotopic (exact) mass is 462 g/mol. The Bertz CT molecular complexity index is 1230. The predicted octanol–water partition coefficient (Wildman–Crippen LogP) is 3.55. The highest BCUT2D eigenvalue weighted by Gasteiger charge is 2.13. The van der Waals surface area contributed by atoms with Gasteiger partial charge in [-0.25, -0.2) is 9.82 Å². The molecule has 0 aliphatic rings. The second kappa shape index (κ2) is 11.4. The van der Waals surface area contributed by atoms with Crippen LogP contribution in [0.1, 0.15) is 16.7 Å². The van der Waals surface area contributed by atoms with Crippen LogP contribution >= 0.6 is 0 Å². The van der Waals surface area contributed by atoms with Crippen LogP contribution in [0.4, 0.5) is 15.8 Å². The molecule has 3 rings (SSSR count). The fraction of sp³-hybridized carbons (Fsp3) is 0.120. The zero-order valence-corrected chi connectivity index (χ0v) is 18.6. The molecule has 174 valence electrons. The van der Waals surface area contributed by atoms with Gasteiger partial charge in [-0.15, -0.1) is 0 Å². The van der Waals surface area contributed by atoms with Crippen molar-refractivity contribution >= 4 is 35.3 Å². The van der Waals surface area contributed by atoms with E-state index in [2.05, 4.69) is 21.2 Å². The summed E-state index contributed by atoms with van der Waals surface area (Å²) in [7, 11) is 0. The van der Waals surface area contributed by atoms with Gasteiger partial charge in [0.2, 0.25) is 0 Å². The molecule has 0 unspecified atom stereocenters. The van der Waals surface area contributed by atoms with Crippen molar-refractivity contribution in [3.05, 3.63) is 89.2 Å². The Morgan fingerprint density at radius 2 is 1.62 bits per heavy atom. The number of halogens is 1. The molecule has 8 nitrogen and oxygen atoms in total. The minimum atomic E-state index is -0.917. The lowest BCUT2D eigenvalue weighted by Gasteiger charge is -2.08. The minimum absolute atomic E-state index is 0.257. The molecule has 0 atom stereocenters. The lowest BCUT2D eigenvalue weighted by Crippen LogP contribution is -2.32. The third kappa shape index (κ3) is 7.27. The van der Waals surface area contributed by atoms with Crippen LogP contribution in [0.15, 0.2) is 71.8 Å². The van der Waals surface area contributed by atoms with Crippen molar-refractivity contribution in [3.8, 4) is 5.75 Å². The summed E-state index contributed by atoms with van der Waals surface area (Å²) in [4.78, 5) is 36.0. The number of hydrogen-bond donors (Lipinski definition) is 3. The van der Waals surface area contributed by atoms with Gasteiger partial charge in [0.15, 0.2) is 6.61 Å². The number of anilines is 2. The Labute approximate surface area is 195 Å². The molecule has 34 heavy (non-hydrogen) atoms. The zero-order valence-electron chi connectivity index (χ0n) is 18.6. The molecular weight excluding hydrogens is 439 g/mol. The molecule has 3 aromatic carbocycles. The molecule has 0 radical (unpaired) electrons. The van der Waals surface area contributed by atoms with Crippen molar-refractivity contribution in [2.45, 2.75) is 13.8 Å². The van der Waals surface area contributed by atoms with Gasteiger partial charge < -0.3 is 15.4 Å². The second-order valence-electron chi connectivity index (χ2n) is 7.37. The van der Waals surface area contributed by atoms with E-state index in [4.69, 9.17) is 4.74 Å². The van der Waals surface area contributed by atoms with Crippen molar-refractivity contribution < 1.29 is 23.5 Å². The fourth-order valence-corrected chi connectivity index (χ4v) is 2.79. The fourth-order valence-electron chi connectivity index (χ4n) is 2.79. The van der Waals surface area contributed by atoms with Gasteiger partial charge in [-0.1, -0.05) is 18.2 Å². The zero-order chi connectivity index (χ0) is 24.5. The van der Waals surface area contributed by atoms with Crippen LogP contribution in [0.2, 0.25) is 0 Å². The maximum absolute atomic E-state index is 12.9. The molecule has 3 aromatic rings. The number of carbonyl (C=O) groups is 3. The van der Waals surface area contributed by atoms with E-state index in [1.807, 2.05) is 19.9 Å². The number of ether oxygens (including phenoxy) is 1. The van der Waals surface area contributed by atoms with Crippen molar-refractivity contribution in [3.63, 3.8) is 0 Å². The molecule has 3 N–H and O–H groups in total. The van der Waals surface area contributed by atoms with E-state index in [9.17, 15) is 18.8 Å². The first kappa shape index (κ1) is 24.1. The number of aryl methyl sites for hydroxylation is 2. The SMILES string of the molecule is Cc1ccc(NC(=O)C(=O)N/N=C\c2cccc(OCC(=O)Nc3ccc(F)cc3)c2)cc1C. The Morgan fingerprint density at radius 1 is 0.882 bits per heavy atom. The van der Waals surface area contributed by atoms with Crippen LogP contribution in [0.5, 0.6) is 5.75 Å². The Kier molecular flexibility index (Phi) is 8.07. The van der Waals surface area contributed by atoms with Crippen molar-refractivity contribution in [2.24, 2.45) is 5.10 Å². The molecule has 3 amide bonds. The summed E-state index contributed by atoms with van der Waals surface area (Å²) in [5.41, 5.74) is 5.77. The third-order valence-electron chi connectivity index (χ3n) is 4.71. The summed E-state index contributed by atoms with van der Waals surface area (Å²) in [6.45, 7) is 3.60. The predicted molar refractivity (Wildman–Crippen MR) is 127 cm³/mol. The summed E-state index contributed by atoms with van der Waals surface area (Å²) in [6, 6.07) is 17.4. The van der Waals surface area contributed by atoms with E-state index < -0.39 is 23.5 Å². The average Bonchev–Trinajstić information content (AvgIpc) is 2.82. The van der Waals surface area contributed by atoms with Gasteiger partial charge in [-0.3, -0.25) is 14.4 Å². The Balaban J connectivity index is 1.48. The second-order valence-corrected chi connectivity index (χ2v) is 7.37. The van der Waals surface area contributed by atoms with E-state index in [0.717, 1.165) is 11.1 Å². The quantitative estimate of drug-likeness (QED) is 0.283. The van der Waals surface area contributed by atoms with Gasteiger partial charge in [0.05, 0.1) is 6.21 Å². The van der Waals surface area contributed by atoms with Gasteiger partial charge in [0.1, 0.15) is 11.6 Å². The smallest absolute Gasteiger partial charge is 0.329 e. The molecule has 0 spiro atoms. The minimum Gasteiger partial charge on any atom is -0.484 e. The first-order valence-corrected chi connectivity index (χ1v) is 10.3. The van der Waals surface area contributed by atoms with Crippen LogP contribution in [-0.2, 0) is 14.4 Å². The standard InChI is InChI=1S/C25H23FN4O4/c1-16-6-9-21(12-17(16)2)29-24(32)25(33)30-27-14-18-4-3-5-22(13-18)34-15-23(31)28-20-10-7-19(26)8-11-20/h3-14H,15H2,1-2H3,(H,28,31)(H,29,32)(H,30,33)/b27-14-. The van der Waals surface area contributed by atoms with Crippen LogP contribution in [0.25, 0.3) is 0 Å². The topological polar surface area (TPSA) is 109 Å². The van der Waals surface area contributed by atoms with Crippen LogP contribution < -0.4 is 20.8 Å². The summed E-state index contributed by atoms with van der Waals surface area (Å²) in [5, 5.41) is 8.89. The lowest BCUT2D eigenvalue weighted by molar-refractivity contribution is -0.136. The number of carbonyl (C=O) groups excluding carboxylic acids is 3. The molecule has 0 aromatic heterocycles. The number of hydrogen-bond acceptors (Lipinski definition) is 5. The average molecular weight is 462 g/mol. The van der Waals surface area contributed by atoms with Gasteiger partial charge >= 0.3 is 11.8 Å².